The van der Waals surface area contributed by atoms with Gasteiger partial charge in [-0.2, -0.15) is 0 Å². The number of amides is 5. The van der Waals surface area contributed by atoms with Crippen molar-refractivity contribution in [3.8, 4) is 0 Å². The summed E-state index contributed by atoms with van der Waals surface area (Å²) in [6.07, 6.45) is 1.47. The molecule has 0 aliphatic rings. The Labute approximate surface area is 313 Å². The van der Waals surface area contributed by atoms with Crippen molar-refractivity contribution < 1.29 is 43.0 Å². The van der Waals surface area contributed by atoms with E-state index in [0.717, 1.165) is 11.3 Å². The highest BCUT2D eigenvalue weighted by Crippen LogP contribution is 2.26. The predicted octanol–water partition coefficient (Wildman–Crippen LogP) is 4.34. The van der Waals surface area contributed by atoms with Gasteiger partial charge in [-0.15, -0.1) is 11.3 Å². The highest BCUT2D eigenvalue weighted by molar-refractivity contribution is 7.17. The van der Waals surface area contributed by atoms with E-state index in [1.165, 1.54) is 52.0 Å². The first-order chi connectivity index (χ1) is 25.7. The van der Waals surface area contributed by atoms with Crippen molar-refractivity contribution in [2.75, 3.05) is 27.8 Å². The van der Waals surface area contributed by atoms with Crippen molar-refractivity contribution in [3.05, 3.63) is 87.8 Å². The van der Waals surface area contributed by atoms with Crippen LogP contribution in [0.3, 0.4) is 0 Å². The Balaban J connectivity index is 1.23. The zero-order valence-corrected chi connectivity index (χ0v) is 30.4. The number of aromatic nitrogens is 2. The largest absolute Gasteiger partial charge is 0.461 e. The minimum Gasteiger partial charge on any atom is -0.461 e. The molecule has 280 valence electrons. The lowest BCUT2D eigenvalue weighted by atomic mass is 10.1. The number of pyridine rings is 2. The molecular formula is C36H36N8O9S. The van der Waals surface area contributed by atoms with Crippen LogP contribution in [0.25, 0.3) is 0 Å². The number of nitrogens with one attached hydrogen (secondary N) is 5. The summed E-state index contributed by atoms with van der Waals surface area (Å²) in [5.41, 5.74) is 2.03. The van der Waals surface area contributed by atoms with E-state index in [1.807, 2.05) is 0 Å². The maximum atomic E-state index is 12.7. The van der Waals surface area contributed by atoms with Gasteiger partial charge in [-0.1, -0.05) is 12.1 Å². The van der Waals surface area contributed by atoms with Gasteiger partial charge in [0.05, 0.1) is 6.42 Å². The highest BCUT2D eigenvalue weighted by Gasteiger charge is 2.14. The second-order valence-electron chi connectivity index (χ2n) is 11.5. The molecule has 0 spiro atoms. The summed E-state index contributed by atoms with van der Waals surface area (Å²) in [6.45, 7) is 4.99. The summed E-state index contributed by atoms with van der Waals surface area (Å²) in [4.78, 5) is 96.4. The maximum absolute atomic E-state index is 12.7. The Bertz CT molecular complexity index is 2030. The molecule has 0 bridgehead atoms. The zero-order valence-electron chi connectivity index (χ0n) is 29.6. The highest BCUT2D eigenvalue weighted by atomic mass is 32.1. The van der Waals surface area contributed by atoms with E-state index in [4.69, 9.17) is 9.47 Å². The standard InChI is InChI=1S/C36H36N8O9S/c1-20(45)39-29-13-25(14-30(43-29)40-21(2)46)18-52-34(49)11-12-37-35(50)27-7-5-24(6-8-27)17-38-33-10-9-28(54-33)36(51)53-19-26-15-31(41-22(3)47)44-32(16-26)42-23(4)48/h5-10,13-17H,11-12,18-19H2,1-4H3,(H,37,50)(H2,39,40,43,45,46)(H2,41,42,44,47,48)/b38-17+. The third-order valence-corrected chi connectivity index (χ3v) is 7.65. The van der Waals surface area contributed by atoms with Crippen molar-refractivity contribution in [3.63, 3.8) is 0 Å². The molecule has 3 aromatic heterocycles. The third-order valence-electron chi connectivity index (χ3n) is 6.68. The fourth-order valence-corrected chi connectivity index (χ4v) is 5.27. The first-order valence-electron chi connectivity index (χ1n) is 16.2. The summed E-state index contributed by atoms with van der Waals surface area (Å²) < 4.78 is 10.7. The topological polar surface area (TPSA) is 236 Å². The van der Waals surface area contributed by atoms with Gasteiger partial charge in [0.2, 0.25) is 23.6 Å². The van der Waals surface area contributed by atoms with Crippen LogP contribution in [0.1, 0.15) is 70.8 Å². The molecule has 0 unspecified atom stereocenters. The van der Waals surface area contributed by atoms with Crippen LogP contribution >= 0.6 is 11.3 Å². The van der Waals surface area contributed by atoms with Crippen molar-refractivity contribution in [1.82, 2.24) is 15.3 Å². The number of carbonyl (C=O) groups excluding carboxylic acids is 7. The Morgan fingerprint density at radius 2 is 1.15 bits per heavy atom. The second kappa shape index (κ2) is 19.1. The van der Waals surface area contributed by atoms with E-state index >= 15 is 0 Å². The molecule has 4 rings (SSSR count). The molecule has 4 aromatic rings. The number of carbonyl (C=O) groups is 7. The summed E-state index contributed by atoms with van der Waals surface area (Å²) in [5, 5.41) is 13.3. The monoisotopic (exact) mass is 756 g/mol. The fraction of sp³-hybridized carbons (Fsp3) is 0.222. The fourth-order valence-electron chi connectivity index (χ4n) is 4.52. The number of nitrogens with zero attached hydrogens (tertiary/aromatic N) is 3. The molecule has 1 aromatic carbocycles. The molecular weight excluding hydrogens is 721 g/mol. The molecule has 0 atom stereocenters. The minimum atomic E-state index is -0.590. The van der Waals surface area contributed by atoms with E-state index in [2.05, 4.69) is 41.5 Å². The number of anilines is 4. The second-order valence-corrected chi connectivity index (χ2v) is 12.5. The van der Waals surface area contributed by atoms with Crippen LogP contribution in [-0.2, 0) is 46.7 Å². The number of ether oxygens (including phenoxy) is 2. The summed E-state index contributed by atoms with van der Waals surface area (Å²) >= 11 is 1.11. The van der Waals surface area contributed by atoms with Crippen molar-refractivity contribution >= 4 is 87.3 Å². The first kappa shape index (κ1) is 40.0. The predicted molar refractivity (Wildman–Crippen MR) is 200 cm³/mol. The molecule has 3 heterocycles. The van der Waals surface area contributed by atoms with Crippen LogP contribution < -0.4 is 26.6 Å². The van der Waals surface area contributed by atoms with Crippen LogP contribution in [0.15, 0.2) is 65.7 Å². The number of esters is 2. The van der Waals surface area contributed by atoms with E-state index < -0.39 is 17.8 Å². The van der Waals surface area contributed by atoms with Gasteiger partial charge in [0.15, 0.2) is 0 Å². The molecule has 54 heavy (non-hydrogen) atoms. The van der Waals surface area contributed by atoms with E-state index in [9.17, 15) is 33.6 Å². The number of benzene rings is 1. The Kier molecular flexibility index (Phi) is 14.2. The number of thiophene rings is 1. The number of rotatable bonds is 15. The smallest absolute Gasteiger partial charge is 0.348 e. The van der Waals surface area contributed by atoms with Gasteiger partial charge >= 0.3 is 11.9 Å². The van der Waals surface area contributed by atoms with Gasteiger partial charge in [0, 0.05) is 46.0 Å². The number of aliphatic imine (C=N–C) groups is 1. The zero-order chi connectivity index (χ0) is 39.2. The van der Waals surface area contributed by atoms with E-state index in [0.29, 0.717) is 32.1 Å². The SMILES string of the molecule is CC(=O)Nc1cc(COC(=O)CCNC(=O)c2ccc(/C=N/c3ccc(C(=O)OCc4cc(NC(C)=O)nc(NC(C)=O)c4)s3)cc2)cc(NC(C)=O)n1. The molecule has 0 saturated carbocycles. The van der Waals surface area contributed by atoms with Crippen LogP contribution in [-0.4, -0.2) is 64.2 Å². The van der Waals surface area contributed by atoms with Gasteiger partial charge < -0.3 is 36.1 Å². The Morgan fingerprint density at radius 1 is 0.667 bits per heavy atom. The molecule has 0 aliphatic heterocycles. The molecule has 0 radical (unpaired) electrons. The minimum absolute atomic E-state index is 0.0213. The van der Waals surface area contributed by atoms with Crippen LogP contribution in [0.2, 0.25) is 0 Å². The van der Waals surface area contributed by atoms with Crippen molar-refractivity contribution in [2.24, 2.45) is 4.99 Å². The molecule has 5 amide bonds. The lowest BCUT2D eigenvalue weighted by Crippen LogP contribution is -2.26. The summed E-state index contributed by atoms with van der Waals surface area (Å²) in [6, 6.07) is 15.9. The number of hydrogen-bond acceptors (Lipinski definition) is 13. The molecule has 0 saturated heterocycles. The quantitative estimate of drug-likeness (QED) is 0.0845. The summed E-state index contributed by atoms with van der Waals surface area (Å²) in [5.74, 6) is -2.24. The van der Waals surface area contributed by atoms with Crippen molar-refractivity contribution in [2.45, 2.75) is 47.3 Å². The average molecular weight is 757 g/mol. The average Bonchev–Trinajstić information content (AvgIpc) is 3.57. The summed E-state index contributed by atoms with van der Waals surface area (Å²) in [7, 11) is 0. The van der Waals surface area contributed by atoms with Gasteiger partial charge in [0.25, 0.3) is 5.91 Å². The van der Waals surface area contributed by atoms with Crippen LogP contribution in [0, 0.1) is 0 Å². The lowest BCUT2D eigenvalue weighted by molar-refractivity contribution is -0.144. The Hall–Kier alpha value is -6.82. The molecule has 5 N–H and O–H groups in total. The van der Waals surface area contributed by atoms with E-state index in [-0.39, 0.29) is 73.1 Å². The van der Waals surface area contributed by atoms with Gasteiger partial charge in [0.1, 0.15) is 46.4 Å². The van der Waals surface area contributed by atoms with Gasteiger partial charge in [-0.05, 0) is 65.2 Å². The van der Waals surface area contributed by atoms with E-state index in [1.54, 1.807) is 42.6 Å². The molecule has 0 aliphatic carbocycles. The molecule has 0 fully saturated rings. The lowest BCUT2D eigenvalue weighted by Gasteiger charge is -2.10. The van der Waals surface area contributed by atoms with Crippen molar-refractivity contribution in [1.29, 1.82) is 0 Å². The van der Waals surface area contributed by atoms with Crippen LogP contribution in [0.5, 0.6) is 0 Å². The maximum Gasteiger partial charge on any atom is 0.348 e. The Morgan fingerprint density at radius 3 is 1.63 bits per heavy atom. The van der Waals surface area contributed by atoms with Gasteiger partial charge in [-0.25, -0.2) is 19.8 Å². The molecule has 17 nitrogen and oxygen atoms in total. The number of hydrogen-bond donors (Lipinski definition) is 5. The van der Waals surface area contributed by atoms with Gasteiger partial charge in [-0.3, -0.25) is 28.8 Å². The van der Waals surface area contributed by atoms with Crippen LogP contribution in [0.4, 0.5) is 28.3 Å². The normalized spacial score (nSPS) is 10.6. The molecule has 18 heteroatoms. The first-order valence-corrected chi connectivity index (χ1v) is 17.0. The third kappa shape index (κ3) is 13.4.